The minimum absolute atomic E-state index is 0.0648. The van der Waals surface area contributed by atoms with Crippen molar-refractivity contribution in [2.24, 2.45) is 0 Å². The van der Waals surface area contributed by atoms with Gasteiger partial charge in [-0.1, -0.05) is 17.4 Å². The Balaban J connectivity index is 2.25. The molecule has 2 aromatic rings. The Morgan fingerprint density at radius 1 is 1.15 bits per heavy atom. The zero-order chi connectivity index (χ0) is 18.8. The second kappa shape index (κ2) is 7.01. The number of aromatic nitrogens is 1. The number of nitrogens with two attached hydrogens (primary N) is 1. The van der Waals surface area contributed by atoms with Crippen molar-refractivity contribution in [1.29, 1.82) is 0 Å². The topological polar surface area (TPSA) is 94.8 Å². The highest BCUT2D eigenvalue weighted by Crippen LogP contribution is 2.34. The first-order chi connectivity index (χ1) is 12.5. The zero-order valence-electron chi connectivity index (χ0n) is 14.5. The number of anilines is 2. The Kier molecular flexibility index (Phi) is 4.77. The van der Waals surface area contributed by atoms with Gasteiger partial charge < -0.3 is 20.1 Å². The maximum absolute atomic E-state index is 12.5. The van der Waals surface area contributed by atoms with Gasteiger partial charge in [0.2, 0.25) is 0 Å². The monoisotopic (exact) mass is 371 g/mol. The summed E-state index contributed by atoms with van der Waals surface area (Å²) in [5, 5.41) is 0.462. The maximum Gasteiger partial charge on any atom is 0.355 e. The molecule has 0 aliphatic carbocycles. The van der Waals surface area contributed by atoms with E-state index in [0.717, 1.165) is 10.3 Å². The molecule has 0 radical (unpaired) electrons. The van der Waals surface area contributed by atoms with Crippen LogP contribution in [0, 0.1) is 6.92 Å². The smallest absolute Gasteiger partial charge is 0.355 e. The number of hydrogen-bond donors (Lipinski definition) is 1. The van der Waals surface area contributed by atoms with Crippen LogP contribution in [-0.4, -0.2) is 31.1 Å². The van der Waals surface area contributed by atoms with Crippen LogP contribution in [-0.2, 0) is 19.1 Å². The summed E-state index contributed by atoms with van der Waals surface area (Å²) in [6, 6.07) is 3.77. The molecule has 8 heteroatoms. The molecule has 1 aromatic carbocycles. The number of nitrogen functional groups attached to an aromatic ring is 1. The van der Waals surface area contributed by atoms with E-state index in [4.69, 9.17) is 15.2 Å². The molecule has 7 nitrogen and oxygen atoms in total. The van der Waals surface area contributed by atoms with Gasteiger partial charge >= 0.3 is 11.9 Å². The molecule has 0 amide bonds. The van der Waals surface area contributed by atoms with Crippen LogP contribution in [0.15, 0.2) is 47.8 Å². The van der Waals surface area contributed by atoms with Crippen molar-refractivity contribution in [3.8, 4) is 0 Å². The summed E-state index contributed by atoms with van der Waals surface area (Å²) in [5.41, 5.74) is 8.24. The third-order valence-electron chi connectivity index (χ3n) is 3.87. The van der Waals surface area contributed by atoms with E-state index < -0.39 is 11.9 Å². The molecule has 2 heterocycles. The standard InChI is InChI=1S/C18H17N3O4S/c1-10-8-14-12(20-18(19)26-14)9-13(10)21-7-5-4-6-11(16(22)24-2)15(21)17(23)25-3/h4-9H,1-3H3,(H2,19,20). The van der Waals surface area contributed by atoms with Gasteiger partial charge in [-0.3, -0.25) is 0 Å². The van der Waals surface area contributed by atoms with E-state index in [1.807, 2.05) is 19.1 Å². The third kappa shape index (κ3) is 3.06. The molecule has 1 aliphatic rings. The van der Waals surface area contributed by atoms with Crippen LogP contribution in [0.4, 0.5) is 10.8 Å². The lowest BCUT2D eigenvalue weighted by atomic mass is 10.1. The lowest BCUT2D eigenvalue weighted by Crippen LogP contribution is -2.27. The quantitative estimate of drug-likeness (QED) is 0.829. The van der Waals surface area contributed by atoms with Crippen molar-refractivity contribution in [3.63, 3.8) is 0 Å². The summed E-state index contributed by atoms with van der Waals surface area (Å²) >= 11 is 1.39. The summed E-state index contributed by atoms with van der Waals surface area (Å²) < 4.78 is 10.7. The normalized spacial score (nSPS) is 13.9. The number of hydrogen-bond acceptors (Lipinski definition) is 8. The number of methoxy groups -OCH3 is 2. The molecule has 0 bridgehead atoms. The minimum atomic E-state index is -0.654. The van der Waals surface area contributed by atoms with Crippen molar-refractivity contribution in [3.05, 3.63) is 53.4 Å². The van der Waals surface area contributed by atoms with Crippen LogP contribution < -0.4 is 10.6 Å². The number of thiazole rings is 1. The van der Waals surface area contributed by atoms with Gasteiger partial charge in [0.1, 0.15) is 5.70 Å². The third-order valence-corrected chi connectivity index (χ3v) is 4.72. The molecule has 2 N–H and O–H groups in total. The Labute approximate surface area is 154 Å². The first-order valence-electron chi connectivity index (χ1n) is 7.68. The van der Waals surface area contributed by atoms with Gasteiger partial charge in [0.15, 0.2) is 5.13 Å². The summed E-state index contributed by atoms with van der Waals surface area (Å²) in [4.78, 5) is 30.6. The van der Waals surface area contributed by atoms with Crippen molar-refractivity contribution in [2.75, 3.05) is 24.9 Å². The van der Waals surface area contributed by atoms with Crippen LogP contribution in [0.25, 0.3) is 10.2 Å². The van der Waals surface area contributed by atoms with E-state index >= 15 is 0 Å². The van der Waals surface area contributed by atoms with Crippen LogP contribution in [0.3, 0.4) is 0 Å². The number of allylic oxidation sites excluding steroid dienone is 2. The molecular formula is C18H17N3O4S. The van der Waals surface area contributed by atoms with Crippen molar-refractivity contribution < 1.29 is 19.1 Å². The summed E-state index contributed by atoms with van der Waals surface area (Å²) in [7, 11) is 2.52. The molecule has 0 saturated heterocycles. The summed E-state index contributed by atoms with van der Waals surface area (Å²) in [6.45, 7) is 1.91. The molecule has 0 saturated carbocycles. The van der Waals surface area contributed by atoms with Crippen LogP contribution in [0.2, 0.25) is 0 Å². The van der Waals surface area contributed by atoms with Gasteiger partial charge in [-0.2, -0.15) is 0 Å². The maximum atomic E-state index is 12.5. The molecule has 0 atom stereocenters. The lowest BCUT2D eigenvalue weighted by molar-refractivity contribution is -0.139. The number of aryl methyl sites for hydroxylation is 1. The van der Waals surface area contributed by atoms with E-state index in [1.165, 1.54) is 31.6 Å². The van der Waals surface area contributed by atoms with Gasteiger partial charge in [0.25, 0.3) is 0 Å². The number of benzene rings is 1. The molecular weight excluding hydrogens is 354 g/mol. The van der Waals surface area contributed by atoms with Crippen molar-refractivity contribution >= 4 is 44.3 Å². The minimum Gasteiger partial charge on any atom is -0.465 e. The fourth-order valence-corrected chi connectivity index (χ4v) is 3.51. The second-order valence-corrected chi connectivity index (χ2v) is 6.54. The molecule has 0 unspecified atom stereocenters. The van der Waals surface area contributed by atoms with Gasteiger partial charge in [0, 0.05) is 6.20 Å². The van der Waals surface area contributed by atoms with E-state index in [9.17, 15) is 9.59 Å². The number of rotatable bonds is 3. The average molecular weight is 371 g/mol. The summed E-state index contributed by atoms with van der Waals surface area (Å²) in [6.07, 6.45) is 6.58. The van der Waals surface area contributed by atoms with Gasteiger partial charge in [-0.05, 0) is 36.8 Å². The molecule has 3 rings (SSSR count). The van der Waals surface area contributed by atoms with Gasteiger partial charge in [-0.15, -0.1) is 0 Å². The Hall–Kier alpha value is -3.13. The molecule has 1 aliphatic heterocycles. The van der Waals surface area contributed by atoms with Crippen LogP contribution in [0.5, 0.6) is 0 Å². The number of carbonyl (C=O) groups excluding carboxylic acids is 2. The van der Waals surface area contributed by atoms with Crippen molar-refractivity contribution in [1.82, 2.24) is 4.98 Å². The number of fused-ring (bicyclic) bond motifs is 1. The predicted octanol–water partition coefficient (Wildman–Crippen LogP) is 2.68. The molecule has 26 heavy (non-hydrogen) atoms. The van der Waals surface area contributed by atoms with Gasteiger partial charge in [0.05, 0.1) is 35.7 Å². The van der Waals surface area contributed by atoms with E-state index in [-0.39, 0.29) is 11.3 Å². The van der Waals surface area contributed by atoms with E-state index in [0.29, 0.717) is 16.3 Å². The Morgan fingerprint density at radius 3 is 2.58 bits per heavy atom. The van der Waals surface area contributed by atoms with E-state index in [2.05, 4.69) is 4.98 Å². The first-order valence-corrected chi connectivity index (χ1v) is 8.49. The predicted molar refractivity (Wildman–Crippen MR) is 101 cm³/mol. The highest BCUT2D eigenvalue weighted by Gasteiger charge is 2.28. The van der Waals surface area contributed by atoms with Crippen LogP contribution in [0.1, 0.15) is 5.56 Å². The first kappa shape index (κ1) is 17.7. The number of nitrogens with zero attached hydrogens (tertiary/aromatic N) is 2. The highest BCUT2D eigenvalue weighted by atomic mass is 32.1. The highest BCUT2D eigenvalue weighted by molar-refractivity contribution is 7.22. The average Bonchev–Trinajstić information content (AvgIpc) is 2.85. The fraction of sp³-hybridized carbons (Fsp3) is 0.167. The van der Waals surface area contributed by atoms with E-state index in [1.54, 1.807) is 23.3 Å². The SMILES string of the molecule is COC(=O)C1=C(C(=O)OC)N(c2cc3nc(N)sc3cc2C)C=CC=C1. The molecule has 1 aromatic heterocycles. The van der Waals surface area contributed by atoms with Gasteiger partial charge in [-0.25, -0.2) is 14.6 Å². The second-order valence-electron chi connectivity index (χ2n) is 5.47. The number of carbonyl (C=O) groups is 2. The Morgan fingerprint density at radius 2 is 1.88 bits per heavy atom. The molecule has 0 spiro atoms. The van der Waals surface area contributed by atoms with Crippen LogP contribution >= 0.6 is 11.3 Å². The molecule has 134 valence electrons. The molecule has 0 fully saturated rings. The fourth-order valence-electron chi connectivity index (χ4n) is 2.69. The summed E-state index contributed by atoms with van der Waals surface area (Å²) in [5.74, 6) is -1.29. The lowest BCUT2D eigenvalue weighted by Gasteiger charge is -2.24. The zero-order valence-corrected chi connectivity index (χ0v) is 15.3. The Bertz CT molecular complexity index is 988. The number of esters is 2. The number of ether oxygens (including phenoxy) is 2. The van der Waals surface area contributed by atoms with Crippen molar-refractivity contribution in [2.45, 2.75) is 6.92 Å². The largest absolute Gasteiger partial charge is 0.465 e.